The van der Waals surface area contributed by atoms with Gasteiger partial charge in [0.05, 0.1) is 11.9 Å². The molecule has 4 nitrogen and oxygen atoms in total. The van der Waals surface area contributed by atoms with Gasteiger partial charge in [0, 0.05) is 16.2 Å². The Balaban J connectivity index is 2.59. The summed E-state index contributed by atoms with van der Waals surface area (Å²) in [5.74, 6) is 0. The SMILES string of the molecule is CC(C)(C)NC(=O)Nc1cncc(Br)c1. The maximum absolute atomic E-state index is 11.5. The molecule has 0 aliphatic heterocycles. The summed E-state index contributed by atoms with van der Waals surface area (Å²) < 4.78 is 0.830. The van der Waals surface area contributed by atoms with E-state index < -0.39 is 0 Å². The van der Waals surface area contributed by atoms with E-state index in [0.717, 1.165) is 4.47 Å². The zero-order valence-corrected chi connectivity index (χ0v) is 10.6. The zero-order chi connectivity index (χ0) is 11.5. The van der Waals surface area contributed by atoms with Crippen molar-refractivity contribution in [2.75, 3.05) is 5.32 Å². The number of hydrogen-bond donors (Lipinski definition) is 2. The first-order valence-corrected chi connectivity index (χ1v) is 5.36. The van der Waals surface area contributed by atoms with Crippen LogP contribution in [0.15, 0.2) is 22.9 Å². The molecule has 1 aromatic rings. The molecule has 5 heteroatoms. The Morgan fingerprint density at radius 3 is 2.60 bits per heavy atom. The molecule has 0 saturated carbocycles. The van der Waals surface area contributed by atoms with Gasteiger partial charge in [-0.15, -0.1) is 0 Å². The predicted molar refractivity (Wildman–Crippen MR) is 63.8 cm³/mol. The van der Waals surface area contributed by atoms with Gasteiger partial charge < -0.3 is 10.6 Å². The molecule has 0 atom stereocenters. The first-order valence-electron chi connectivity index (χ1n) is 4.56. The Morgan fingerprint density at radius 1 is 1.40 bits per heavy atom. The van der Waals surface area contributed by atoms with E-state index in [1.807, 2.05) is 20.8 Å². The second-order valence-electron chi connectivity index (χ2n) is 4.22. The first-order chi connectivity index (χ1) is 6.87. The summed E-state index contributed by atoms with van der Waals surface area (Å²) in [5.41, 5.74) is 0.412. The van der Waals surface area contributed by atoms with Crippen LogP contribution in [0.4, 0.5) is 10.5 Å². The predicted octanol–water partition coefficient (Wildman–Crippen LogP) is 2.76. The molecule has 1 rings (SSSR count). The fraction of sp³-hybridized carbons (Fsp3) is 0.400. The molecule has 0 spiro atoms. The fourth-order valence-electron chi connectivity index (χ4n) is 0.983. The Labute approximate surface area is 97.6 Å². The zero-order valence-electron chi connectivity index (χ0n) is 8.97. The van der Waals surface area contributed by atoms with Crippen molar-refractivity contribution in [3.8, 4) is 0 Å². The lowest BCUT2D eigenvalue weighted by Crippen LogP contribution is -2.43. The Bertz CT molecular complexity index is 360. The van der Waals surface area contributed by atoms with Crippen molar-refractivity contribution in [3.05, 3.63) is 22.9 Å². The second-order valence-corrected chi connectivity index (χ2v) is 5.14. The highest BCUT2D eigenvalue weighted by Gasteiger charge is 2.13. The van der Waals surface area contributed by atoms with Crippen molar-refractivity contribution in [2.45, 2.75) is 26.3 Å². The molecule has 2 amide bonds. The van der Waals surface area contributed by atoms with E-state index in [1.165, 1.54) is 0 Å². The lowest BCUT2D eigenvalue weighted by Gasteiger charge is -2.20. The Hall–Kier alpha value is -1.10. The summed E-state index contributed by atoms with van der Waals surface area (Å²) in [7, 11) is 0. The summed E-state index contributed by atoms with van der Waals surface area (Å²) in [4.78, 5) is 15.4. The summed E-state index contributed by atoms with van der Waals surface area (Å²) in [6.45, 7) is 5.77. The van der Waals surface area contributed by atoms with Crippen LogP contribution < -0.4 is 10.6 Å². The van der Waals surface area contributed by atoms with E-state index >= 15 is 0 Å². The topological polar surface area (TPSA) is 54.0 Å². The molecular weight excluding hydrogens is 258 g/mol. The maximum atomic E-state index is 11.5. The van der Waals surface area contributed by atoms with Crippen LogP contribution in [0.3, 0.4) is 0 Å². The van der Waals surface area contributed by atoms with Crippen LogP contribution in [0.5, 0.6) is 0 Å². The third-order valence-corrected chi connectivity index (χ3v) is 1.88. The minimum absolute atomic E-state index is 0.234. The van der Waals surface area contributed by atoms with Crippen molar-refractivity contribution in [3.63, 3.8) is 0 Å². The van der Waals surface area contributed by atoms with E-state index in [0.29, 0.717) is 5.69 Å². The number of hydrogen-bond acceptors (Lipinski definition) is 2. The first kappa shape index (κ1) is 12.0. The highest BCUT2D eigenvalue weighted by atomic mass is 79.9. The van der Waals surface area contributed by atoms with Gasteiger partial charge in [0.1, 0.15) is 0 Å². The van der Waals surface area contributed by atoms with Gasteiger partial charge in [-0.1, -0.05) is 0 Å². The number of carbonyl (C=O) groups excluding carboxylic acids is 1. The molecule has 0 fully saturated rings. The molecule has 0 saturated heterocycles. The highest BCUT2D eigenvalue weighted by Crippen LogP contribution is 2.13. The number of halogens is 1. The molecule has 0 radical (unpaired) electrons. The molecule has 15 heavy (non-hydrogen) atoms. The van der Waals surface area contributed by atoms with Gasteiger partial charge in [-0.3, -0.25) is 4.98 Å². The maximum Gasteiger partial charge on any atom is 0.319 e. The van der Waals surface area contributed by atoms with Gasteiger partial charge in [0.15, 0.2) is 0 Å². The van der Waals surface area contributed by atoms with Crippen molar-refractivity contribution in [1.29, 1.82) is 0 Å². The van der Waals surface area contributed by atoms with Crippen molar-refractivity contribution in [1.82, 2.24) is 10.3 Å². The second kappa shape index (κ2) is 4.61. The summed E-state index contributed by atoms with van der Waals surface area (Å²) in [6, 6.07) is 1.55. The van der Waals surface area contributed by atoms with Crippen LogP contribution in [-0.2, 0) is 0 Å². The van der Waals surface area contributed by atoms with Crippen molar-refractivity contribution >= 4 is 27.6 Å². The molecule has 0 unspecified atom stereocenters. The van der Waals surface area contributed by atoms with Gasteiger partial charge in [0.25, 0.3) is 0 Å². The van der Waals surface area contributed by atoms with Crippen LogP contribution in [0, 0.1) is 0 Å². The van der Waals surface area contributed by atoms with Gasteiger partial charge in [-0.25, -0.2) is 4.79 Å². The number of pyridine rings is 1. The molecular formula is C10H14BrN3O. The molecule has 82 valence electrons. The van der Waals surface area contributed by atoms with Gasteiger partial charge in [-0.2, -0.15) is 0 Å². The lowest BCUT2D eigenvalue weighted by atomic mass is 10.1. The largest absolute Gasteiger partial charge is 0.333 e. The molecule has 0 aliphatic carbocycles. The van der Waals surface area contributed by atoms with Crippen LogP contribution in [0.1, 0.15) is 20.8 Å². The van der Waals surface area contributed by atoms with Crippen LogP contribution in [-0.4, -0.2) is 16.6 Å². The van der Waals surface area contributed by atoms with Gasteiger partial charge >= 0.3 is 6.03 Å². The average molecular weight is 272 g/mol. The van der Waals surface area contributed by atoms with E-state index in [2.05, 4.69) is 31.5 Å². The van der Waals surface area contributed by atoms with E-state index in [9.17, 15) is 4.79 Å². The van der Waals surface area contributed by atoms with E-state index in [-0.39, 0.29) is 11.6 Å². The smallest absolute Gasteiger partial charge is 0.319 e. The minimum Gasteiger partial charge on any atom is -0.333 e. The quantitative estimate of drug-likeness (QED) is 0.825. The normalized spacial score (nSPS) is 10.9. The standard InChI is InChI=1S/C10H14BrN3O/c1-10(2,3)14-9(15)13-8-4-7(11)5-12-6-8/h4-6H,1-3H3,(H2,13,14,15). The molecule has 1 heterocycles. The number of aromatic nitrogens is 1. The van der Waals surface area contributed by atoms with Crippen LogP contribution >= 0.6 is 15.9 Å². The number of anilines is 1. The monoisotopic (exact) mass is 271 g/mol. The molecule has 0 bridgehead atoms. The number of carbonyl (C=O) groups is 1. The number of rotatable bonds is 1. The summed E-state index contributed by atoms with van der Waals surface area (Å²) in [5, 5.41) is 5.49. The lowest BCUT2D eigenvalue weighted by molar-refractivity contribution is 0.244. The highest BCUT2D eigenvalue weighted by molar-refractivity contribution is 9.10. The number of nitrogens with one attached hydrogen (secondary N) is 2. The van der Waals surface area contributed by atoms with Crippen LogP contribution in [0.2, 0.25) is 0 Å². The van der Waals surface area contributed by atoms with E-state index in [1.54, 1.807) is 18.5 Å². The van der Waals surface area contributed by atoms with Gasteiger partial charge in [-0.05, 0) is 42.8 Å². The third kappa shape index (κ3) is 4.78. The number of nitrogens with zero attached hydrogens (tertiary/aromatic N) is 1. The molecule has 1 aromatic heterocycles. The molecule has 0 aromatic carbocycles. The average Bonchev–Trinajstić information content (AvgIpc) is 1.99. The minimum atomic E-state index is -0.247. The molecule has 2 N–H and O–H groups in total. The number of amides is 2. The van der Waals surface area contributed by atoms with Crippen molar-refractivity contribution in [2.24, 2.45) is 0 Å². The Kier molecular flexibility index (Phi) is 3.68. The van der Waals surface area contributed by atoms with Gasteiger partial charge in [0.2, 0.25) is 0 Å². The summed E-state index contributed by atoms with van der Waals surface area (Å²) in [6.07, 6.45) is 3.25. The fourth-order valence-corrected chi connectivity index (χ4v) is 1.35. The van der Waals surface area contributed by atoms with E-state index in [4.69, 9.17) is 0 Å². The van der Waals surface area contributed by atoms with Crippen LogP contribution in [0.25, 0.3) is 0 Å². The van der Waals surface area contributed by atoms with Crippen molar-refractivity contribution < 1.29 is 4.79 Å². The number of urea groups is 1. The third-order valence-electron chi connectivity index (χ3n) is 1.45. The Morgan fingerprint density at radius 2 is 2.07 bits per heavy atom. The molecule has 0 aliphatic rings. The summed E-state index contributed by atoms with van der Waals surface area (Å²) >= 11 is 3.28.